The Balaban J connectivity index is 1.29. The zero-order chi connectivity index (χ0) is 33.5. The van der Waals surface area contributed by atoms with Gasteiger partial charge in [-0.3, -0.25) is 9.13 Å². The highest BCUT2D eigenvalue weighted by Gasteiger charge is 2.23. The first-order valence-electron chi connectivity index (χ1n) is 17.1. The molecule has 11 rings (SSSR count). The first-order valence-corrected chi connectivity index (χ1v) is 17.1. The standard InChI is InChI=1S/C45H28N6/c1-2-15-29(16-3-1)49-40-27-13-8-21-34(40)42-35(22-14-28-41(42)49)43-46-44(50-36-23-9-4-17-30(36)31-18-5-10-24-37(31)50)48-45(47-43)51-38-25-11-6-19-32(38)33-20-7-12-26-39(33)51/h1-28H. The Bertz CT molecular complexity index is 2910. The molecule has 0 amide bonds. The average Bonchev–Trinajstić information content (AvgIpc) is 3.84. The van der Waals surface area contributed by atoms with Crippen molar-refractivity contribution >= 4 is 65.4 Å². The SMILES string of the molecule is c1ccc(-n2c3ccccc3c3c(-c4nc(-n5c6ccccc6c6ccccc65)nc(-n5c6ccccc6c6ccccc65)n4)cccc32)cc1. The number of rotatable bonds is 4. The van der Waals surface area contributed by atoms with Gasteiger partial charge in [0.15, 0.2) is 5.82 Å². The smallest absolute Gasteiger partial charge is 0.240 e. The van der Waals surface area contributed by atoms with Crippen LogP contribution in [0.5, 0.6) is 0 Å². The minimum absolute atomic E-state index is 0.568. The van der Waals surface area contributed by atoms with E-state index >= 15 is 0 Å². The van der Waals surface area contributed by atoms with E-state index in [-0.39, 0.29) is 0 Å². The van der Waals surface area contributed by atoms with Crippen molar-refractivity contribution in [3.8, 4) is 29.0 Å². The van der Waals surface area contributed by atoms with E-state index in [1.165, 1.54) is 0 Å². The average molecular weight is 653 g/mol. The van der Waals surface area contributed by atoms with E-state index in [1.807, 2.05) is 0 Å². The minimum atomic E-state index is 0.568. The van der Waals surface area contributed by atoms with Crippen LogP contribution in [0.25, 0.3) is 94.4 Å². The Labute approximate surface area is 292 Å². The van der Waals surface area contributed by atoms with Crippen LogP contribution in [0.3, 0.4) is 0 Å². The molecule has 6 nitrogen and oxygen atoms in total. The van der Waals surface area contributed by atoms with Crippen molar-refractivity contribution < 1.29 is 0 Å². The van der Waals surface area contributed by atoms with Crippen LogP contribution >= 0.6 is 0 Å². The summed E-state index contributed by atoms with van der Waals surface area (Å²) >= 11 is 0. The summed E-state index contributed by atoms with van der Waals surface area (Å²) in [6.45, 7) is 0. The predicted molar refractivity (Wildman–Crippen MR) is 208 cm³/mol. The molecular weight excluding hydrogens is 625 g/mol. The molecule has 0 saturated heterocycles. The van der Waals surface area contributed by atoms with Gasteiger partial charge in [0.05, 0.1) is 33.1 Å². The second-order valence-corrected chi connectivity index (χ2v) is 12.9. The molecule has 0 aliphatic heterocycles. The molecule has 6 heteroatoms. The summed E-state index contributed by atoms with van der Waals surface area (Å²) in [5.74, 6) is 1.75. The summed E-state index contributed by atoms with van der Waals surface area (Å²) in [5.41, 5.74) is 8.46. The number of benzene rings is 7. The number of fused-ring (bicyclic) bond motifs is 9. The molecule has 0 atom stereocenters. The number of aromatic nitrogens is 6. The predicted octanol–water partition coefficient (Wildman–Crippen LogP) is 10.8. The van der Waals surface area contributed by atoms with E-state index in [0.717, 1.165) is 76.7 Å². The Morgan fingerprint density at radius 3 is 1.18 bits per heavy atom. The zero-order valence-corrected chi connectivity index (χ0v) is 27.3. The van der Waals surface area contributed by atoms with Gasteiger partial charge in [0, 0.05) is 43.6 Å². The van der Waals surface area contributed by atoms with Gasteiger partial charge >= 0.3 is 0 Å². The molecule has 0 radical (unpaired) electrons. The van der Waals surface area contributed by atoms with E-state index in [4.69, 9.17) is 15.0 Å². The van der Waals surface area contributed by atoms with Crippen LogP contribution in [0.4, 0.5) is 0 Å². The number of hydrogen-bond donors (Lipinski definition) is 0. The van der Waals surface area contributed by atoms with Crippen LogP contribution in [-0.4, -0.2) is 28.7 Å². The molecule has 0 aliphatic carbocycles. The third-order valence-corrected chi connectivity index (χ3v) is 10.1. The van der Waals surface area contributed by atoms with Crippen LogP contribution < -0.4 is 0 Å². The van der Waals surface area contributed by atoms with Crippen LogP contribution in [0.2, 0.25) is 0 Å². The highest BCUT2D eigenvalue weighted by atomic mass is 15.3. The van der Waals surface area contributed by atoms with Crippen LogP contribution in [0.15, 0.2) is 170 Å². The number of nitrogens with zero attached hydrogens (tertiary/aromatic N) is 6. The molecule has 4 aromatic heterocycles. The molecule has 51 heavy (non-hydrogen) atoms. The monoisotopic (exact) mass is 652 g/mol. The van der Waals surface area contributed by atoms with Gasteiger partial charge < -0.3 is 4.57 Å². The summed E-state index contributed by atoms with van der Waals surface area (Å²) in [6.07, 6.45) is 0. The van der Waals surface area contributed by atoms with Gasteiger partial charge in [-0.2, -0.15) is 15.0 Å². The Morgan fingerprint density at radius 2 is 0.686 bits per heavy atom. The molecule has 11 aromatic rings. The van der Waals surface area contributed by atoms with Gasteiger partial charge in [0.1, 0.15) is 0 Å². The second kappa shape index (κ2) is 10.7. The molecule has 7 aromatic carbocycles. The van der Waals surface area contributed by atoms with E-state index < -0.39 is 0 Å². The molecule has 0 saturated carbocycles. The van der Waals surface area contributed by atoms with E-state index in [0.29, 0.717) is 17.7 Å². The van der Waals surface area contributed by atoms with Crippen LogP contribution in [0.1, 0.15) is 0 Å². The van der Waals surface area contributed by atoms with Crippen molar-refractivity contribution in [1.29, 1.82) is 0 Å². The summed E-state index contributed by atoms with van der Waals surface area (Å²) in [6, 6.07) is 59.5. The molecule has 0 fully saturated rings. The number of hydrogen-bond acceptors (Lipinski definition) is 3. The van der Waals surface area contributed by atoms with Gasteiger partial charge in [-0.05, 0) is 48.5 Å². The Hall–Kier alpha value is -7.05. The maximum atomic E-state index is 5.37. The van der Waals surface area contributed by atoms with Crippen LogP contribution in [-0.2, 0) is 0 Å². The molecule has 0 unspecified atom stereocenters. The van der Waals surface area contributed by atoms with Crippen molar-refractivity contribution in [1.82, 2.24) is 28.7 Å². The lowest BCUT2D eigenvalue weighted by Gasteiger charge is -2.13. The molecule has 0 N–H and O–H groups in total. The van der Waals surface area contributed by atoms with Gasteiger partial charge in [-0.15, -0.1) is 0 Å². The topological polar surface area (TPSA) is 53.5 Å². The fourth-order valence-electron chi connectivity index (χ4n) is 8.01. The highest BCUT2D eigenvalue weighted by Crippen LogP contribution is 2.39. The largest absolute Gasteiger partial charge is 0.309 e. The van der Waals surface area contributed by atoms with Crippen molar-refractivity contribution in [2.45, 2.75) is 0 Å². The molecule has 0 bridgehead atoms. The quantitative estimate of drug-likeness (QED) is 0.190. The lowest BCUT2D eigenvalue weighted by atomic mass is 10.1. The lowest BCUT2D eigenvalue weighted by Crippen LogP contribution is -2.10. The fourth-order valence-corrected chi connectivity index (χ4v) is 8.01. The Morgan fingerprint density at radius 1 is 0.294 bits per heavy atom. The van der Waals surface area contributed by atoms with Gasteiger partial charge in [0.2, 0.25) is 11.9 Å². The van der Waals surface area contributed by atoms with Crippen molar-refractivity contribution in [3.05, 3.63) is 170 Å². The Kier molecular flexibility index (Phi) is 5.86. The summed E-state index contributed by atoms with van der Waals surface area (Å²) in [5, 5.41) is 6.86. The highest BCUT2D eigenvalue weighted by molar-refractivity contribution is 6.15. The normalized spacial score (nSPS) is 11.9. The first kappa shape index (κ1) is 27.9. The maximum Gasteiger partial charge on any atom is 0.240 e. The molecule has 4 heterocycles. The lowest BCUT2D eigenvalue weighted by molar-refractivity contribution is 0.893. The van der Waals surface area contributed by atoms with Crippen molar-refractivity contribution in [2.24, 2.45) is 0 Å². The van der Waals surface area contributed by atoms with Gasteiger partial charge in [-0.25, -0.2) is 0 Å². The van der Waals surface area contributed by atoms with E-state index in [2.05, 4.69) is 184 Å². The summed E-state index contributed by atoms with van der Waals surface area (Å²) in [7, 11) is 0. The summed E-state index contributed by atoms with van der Waals surface area (Å²) in [4.78, 5) is 16.1. The minimum Gasteiger partial charge on any atom is -0.309 e. The van der Waals surface area contributed by atoms with Gasteiger partial charge in [0.25, 0.3) is 0 Å². The van der Waals surface area contributed by atoms with Gasteiger partial charge in [-0.1, -0.05) is 121 Å². The summed E-state index contributed by atoms with van der Waals surface area (Å²) < 4.78 is 6.69. The third-order valence-electron chi connectivity index (χ3n) is 10.1. The maximum absolute atomic E-state index is 5.37. The molecule has 0 spiro atoms. The van der Waals surface area contributed by atoms with Crippen molar-refractivity contribution in [3.63, 3.8) is 0 Å². The molecule has 0 aliphatic rings. The van der Waals surface area contributed by atoms with E-state index in [1.54, 1.807) is 0 Å². The zero-order valence-electron chi connectivity index (χ0n) is 27.3. The third kappa shape index (κ3) is 4.01. The van der Waals surface area contributed by atoms with Crippen LogP contribution in [0, 0.1) is 0 Å². The molecule has 238 valence electrons. The fraction of sp³-hybridized carbons (Fsp3) is 0. The first-order chi connectivity index (χ1) is 25.3. The van der Waals surface area contributed by atoms with Crippen molar-refractivity contribution in [2.75, 3.05) is 0 Å². The molecular formula is C45H28N6. The second-order valence-electron chi connectivity index (χ2n) is 12.9. The number of para-hydroxylation sites is 6. The van der Waals surface area contributed by atoms with E-state index in [9.17, 15) is 0 Å².